The number of amides is 8. The summed E-state index contributed by atoms with van der Waals surface area (Å²) < 4.78 is 55.8. The predicted octanol–water partition coefficient (Wildman–Crippen LogP) is 5.64. The molecule has 0 spiro atoms. The number of phenolic OH excluding ortho intramolecular Hbond substituents is 4. The van der Waals surface area contributed by atoms with Crippen molar-refractivity contribution in [2.75, 3.05) is 26.4 Å². The topological polar surface area (TPSA) is 558 Å². The average Bonchev–Trinajstić information content (AvgIpc) is 0.767. The fourth-order valence-electron chi connectivity index (χ4n) is 14.7. The standard InChI is InChI=1S/C84H92Cl3N9O28.CH4/c1-8-19-116-60(102)29-42(22-36(4)5)75(108)94-66-68(103)39-12-17-54(48(86)25-39)120-56-27-41-28-57(72(56)124-82-73(123-61-33-84(7,74(107)37(6)119-61)96-83(115)118-21-10-3)71(106)70(105)58(122-82)35-89-34-43-23-44(85)14-16-51(43)98)121-55-18-13-40(26-49(55)87)69(104)67-80(113)93-65(81(114)117-20-9-2)47-30-45(97)31-53(100)62(47)46-24-38(11-15-52(46)99)63(77(110)95-67)92-78(111)64(41)91-76(109)50(32-59(88)101)90-79(66)112;/h8-18,23-28,30-31,36-37,42,50,58,61,63-71,73-74,82,89,97-100,103-107H,1-3,19-22,29,32-35H2,4-7H3,(H2,88,101)(H,90,112)(H,91,109)(H,92,111)(H,93,113)(H,94,108)(H,95,110)(H,96,115);1H4/t37?,42-,50+,58?,61?,63?,64-,65-,66-,67+,68-,69-,70?,71?,73?,74?,82?,84?;/m1./s1. The first-order chi connectivity index (χ1) is 58.9. The number of phenols is 4. The minimum atomic E-state index is -2.44. The zero-order chi connectivity index (χ0) is 90.0. The van der Waals surface area contributed by atoms with Crippen LogP contribution in [0, 0.1) is 11.8 Å². The third-order valence-electron chi connectivity index (χ3n) is 20.8. The Hall–Kier alpha value is -11.9. The smallest absolute Gasteiger partial charge is 0.407 e. The molecule has 2 saturated heterocycles. The molecule has 7 heterocycles. The summed E-state index contributed by atoms with van der Waals surface area (Å²) in [6, 6.07) is 4.20. The minimum absolute atomic E-state index is 0. The van der Waals surface area contributed by atoms with Gasteiger partial charge in [-0.1, -0.05) is 112 Å². The largest absolute Gasteiger partial charge is 0.508 e. The van der Waals surface area contributed by atoms with E-state index in [0.717, 1.165) is 72.8 Å². The van der Waals surface area contributed by atoms with Gasteiger partial charge in [0.05, 0.1) is 34.5 Å². The van der Waals surface area contributed by atoms with E-state index in [1.807, 2.05) is 0 Å². The van der Waals surface area contributed by atoms with Crippen molar-refractivity contribution in [3.63, 3.8) is 0 Å². The van der Waals surface area contributed by atoms with Crippen LogP contribution >= 0.6 is 34.8 Å². The number of primary amides is 1. The highest BCUT2D eigenvalue weighted by Crippen LogP contribution is 2.50. The Labute approximate surface area is 730 Å². The van der Waals surface area contributed by atoms with Gasteiger partial charge in [-0.15, -0.1) is 0 Å². The molecule has 7 aliphatic heterocycles. The Balaban J connectivity index is 0.0000163. The summed E-state index contributed by atoms with van der Waals surface area (Å²) in [5, 5.41) is 127. The molecule has 18 atom stereocenters. The molecular formula is C85H96Cl3N9O28. The van der Waals surface area contributed by atoms with E-state index in [-0.39, 0.29) is 72.5 Å². The maximum Gasteiger partial charge on any atom is 0.407 e. The van der Waals surface area contributed by atoms with E-state index in [0.29, 0.717) is 0 Å². The van der Waals surface area contributed by atoms with Crippen molar-refractivity contribution in [2.45, 2.75) is 171 Å². The Morgan fingerprint density at radius 3 is 1.90 bits per heavy atom. The first-order valence-electron chi connectivity index (χ1n) is 38.8. The van der Waals surface area contributed by atoms with Crippen LogP contribution in [0.1, 0.15) is 125 Å². The monoisotopic (exact) mass is 1800 g/mol. The Kier molecular flexibility index (Phi) is 31.5. The number of hydrogen-bond acceptors (Lipinski definition) is 29. The lowest BCUT2D eigenvalue weighted by molar-refractivity contribution is -0.331. The molecule has 10 unspecified atom stereocenters. The molecule has 37 nitrogen and oxygen atoms in total. The number of aliphatic hydroxyl groups excluding tert-OH is 5. The molecule has 6 aromatic carbocycles. The van der Waals surface area contributed by atoms with Crippen LogP contribution in [0.3, 0.4) is 0 Å². The average molecular weight is 1800 g/mol. The van der Waals surface area contributed by atoms with E-state index in [9.17, 15) is 69.9 Å². The lowest BCUT2D eigenvalue weighted by Crippen LogP contribution is -2.66. The van der Waals surface area contributed by atoms with Gasteiger partial charge in [0.1, 0.15) is 121 Å². The number of benzene rings is 6. The number of alkyl carbamates (subject to hydrolysis) is 1. The number of nitrogens with two attached hydrogens (primary N) is 1. The third kappa shape index (κ3) is 22.5. The number of rotatable bonds is 24. The fraction of sp³-hybridized carbons (Fsp3) is 0.388. The van der Waals surface area contributed by atoms with Crippen LogP contribution < -0.4 is 62.5 Å². The summed E-state index contributed by atoms with van der Waals surface area (Å²) in [7, 11) is 0. The van der Waals surface area contributed by atoms with Crippen molar-refractivity contribution in [2.24, 2.45) is 17.6 Å². The van der Waals surface area contributed by atoms with E-state index >= 15 is 24.0 Å². The summed E-state index contributed by atoms with van der Waals surface area (Å²) in [5.41, 5.74) is 1.56. The summed E-state index contributed by atoms with van der Waals surface area (Å²) in [6.07, 6.45) is -18.0. The molecule has 0 aliphatic carbocycles. The number of nitrogens with one attached hydrogen (secondary N) is 8. The number of aromatic hydroxyl groups is 4. The predicted molar refractivity (Wildman–Crippen MR) is 444 cm³/mol. The molecule has 2 fully saturated rings. The quantitative estimate of drug-likeness (QED) is 0.0198. The first-order valence-corrected chi connectivity index (χ1v) is 39.9. The van der Waals surface area contributed by atoms with Gasteiger partial charge in [0.25, 0.3) is 0 Å². The van der Waals surface area contributed by atoms with Crippen LogP contribution in [-0.2, 0) is 78.1 Å². The molecule has 13 rings (SSSR count). The number of ether oxygens (including phenoxy) is 9. The molecule has 125 heavy (non-hydrogen) atoms. The highest BCUT2D eigenvalue weighted by molar-refractivity contribution is 6.32. The van der Waals surface area contributed by atoms with Crippen LogP contribution in [0.15, 0.2) is 135 Å². The van der Waals surface area contributed by atoms with Gasteiger partial charge >= 0.3 is 18.0 Å². The van der Waals surface area contributed by atoms with E-state index < -0.39 is 279 Å². The molecule has 8 amide bonds. The van der Waals surface area contributed by atoms with E-state index in [1.54, 1.807) is 13.8 Å². The van der Waals surface area contributed by atoms with Crippen LogP contribution in [0.2, 0.25) is 15.1 Å². The van der Waals surface area contributed by atoms with Crippen molar-refractivity contribution >= 4 is 94.2 Å². The molecule has 19 N–H and O–H groups in total. The second kappa shape index (κ2) is 41.3. The minimum Gasteiger partial charge on any atom is -0.508 e. The second-order valence-electron chi connectivity index (χ2n) is 30.5. The maximum absolute atomic E-state index is 16.4. The highest BCUT2D eigenvalue weighted by Gasteiger charge is 2.53. The summed E-state index contributed by atoms with van der Waals surface area (Å²) in [5.74, 6) is -18.7. The zero-order valence-corrected chi connectivity index (χ0v) is 69.1. The van der Waals surface area contributed by atoms with Crippen LogP contribution in [-0.4, -0.2) is 205 Å². The molecule has 6 aromatic rings. The molecule has 0 radical (unpaired) electrons. The van der Waals surface area contributed by atoms with Gasteiger partial charge in [-0.05, 0) is 121 Å². The van der Waals surface area contributed by atoms with Crippen molar-refractivity contribution in [3.05, 3.63) is 183 Å². The van der Waals surface area contributed by atoms with Crippen LogP contribution in [0.25, 0.3) is 11.1 Å². The van der Waals surface area contributed by atoms with Gasteiger partial charge < -0.3 is 137 Å². The van der Waals surface area contributed by atoms with Crippen molar-refractivity contribution in [1.82, 2.24) is 42.5 Å². The number of aliphatic hydroxyl groups is 5. The number of carbonyl (C=O) groups is 10. The van der Waals surface area contributed by atoms with Crippen molar-refractivity contribution in [1.29, 1.82) is 0 Å². The van der Waals surface area contributed by atoms with Gasteiger partial charge in [0.2, 0.25) is 53.4 Å². The summed E-state index contributed by atoms with van der Waals surface area (Å²) >= 11 is 20.8. The Morgan fingerprint density at radius 1 is 0.656 bits per heavy atom. The highest BCUT2D eigenvalue weighted by atomic mass is 35.5. The molecule has 0 aromatic heterocycles. The number of esters is 2. The SMILES string of the molecule is C.C=CCOC(=O)C[C@@H](CC(C)C)C(=O)N[C@H]1C(=O)N[C@@H](CC(N)=O)C(=O)N[C@H]2C(=O)NC3C(=O)N[C@H](C(=O)N[C@@H](C(=O)OCC=C)c4cc(O)cc(O)c4-c4cc3ccc4O)[C@H](O)c3ccc(c(Cl)c3)Oc3cc2cc(c3OC2OC(CNCc3cc(Cl)ccc3O)C(O)C(O)C2OC2CC(C)(NC(=O)OCC=C)C(O)C(C)O2)Oc2ccc(cc2Cl)[C@H]1O. The molecule has 0 saturated carbocycles. The molecule has 40 heteroatoms. The normalized spacial score (nSPS) is 25.7. The molecule has 11 bridgehead atoms. The summed E-state index contributed by atoms with van der Waals surface area (Å²) in [6.45, 7) is 15.4. The molecular weight excluding hydrogens is 1700 g/mol. The lowest BCUT2D eigenvalue weighted by atomic mass is 9.85. The molecule has 7 aliphatic rings. The number of halogens is 3. The number of hydrogen-bond donors (Lipinski definition) is 18. The van der Waals surface area contributed by atoms with Crippen LogP contribution in [0.4, 0.5) is 4.79 Å². The number of carbonyl (C=O) groups excluding carboxylic acids is 10. The number of fused-ring (bicyclic) bond motifs is 15. The van der Waals surface area contributed by atoms with Gasteiger partial charge in [-0.25, -0.2) is 9.59 Å². The van der Waals surface area contributed by atoms with E-state index in [2.05, 4.69) is 62.3 Å². The van der Waals surface area contributed by atoms with Gasteiger partial charge in [-0.3, -0.25) is 38.4 Å². The van der Waals surface area contributed by atoms with Crippen molar-refractivity contribution in [3.8, 4) is 62.9 Å². The van der Waals surface area contributed by atoms with E-state index in [1.165, 1.54) is 56.3 Å². The zero-order valence-electron chi connectivity index (χ0n) is 66.8. The molecule has 670 valence electrons. The fourth-order valence-corrected chi connectivity index (χ4v) is 15.4. The summed E-state index contributed by atoms with van der Waals surface area (Å²) in [4.78, 5) is 147. The lowest BCUT2D eigenvalue weighted by Gasteiger charge is -2.48. The Bertz CT molecular complexity index is 5120. The third-order valence-corrected chi connectivity index (χ3v) is 21.7. The van der Waals surface area contributed by atoms with Crippen molar-refractivity contribution < 1.29 is 137 Å². The first kappa shape index (κ1) is 95.4. The second-order valence-corrected chi connectivity index (χ2v) is 31.7. The van der Waals surface area contributed by atoms with Gasteiger partial charge in [0.15, 0.2) is 29.9 Å². The van der Waals surface area contributed by atoms with Gasteiger partial charge in [-0.2, -0.15) is 0 Å². The van der Waals surface area contributed by atoms with Gasteiger partial charge in [0, 0.05) is 58.8 Å². The van der Waals surface area contributed by atoms with Crippen LogP contribution in [0.5, 0.6) is 51.7 Å². The Morgan fingerprint density at radius 2 is 1.26 bits per heavy atom. The van der Waals surface area contributed by atoms with E-state index in [4.69, 9.17) is 83.2 Å². The maximum atomic E-state index is 16.4.